The van der Waals surface area contributed by atoms with Gasteiger partial charge in [-0.2, -0.15) is 0 Å². The second-order valence-electron chi connectivity index (χ2n) is 6.94. The molecule has 7 heteroatoms. The van der Waals surface area contributed by atoms with Crippen LogP contribution in [0.5, 0.6) is 0 Å². The molecule has 0 spiro atoms. The Morgan fingerprint density at radius 3 is 2.65 bits per heavy atom. The second-order valence-corrected chi connectivity index (χ2v) is 6.94. The van der Waals surface area contributed by atoms with E-state index in [9.17, 15) is 9.59 Å². The highest BCUT2D eigenvalue weighted by Gasteiger charge is 2.29. The summed E-state index contributed by atoms with van der Waals surface area (Å²) in [6.45, 7) is 4.63. The van der Waals surface area contributed by atoms with E-state index in [4.69, 9.17) is 9.84 Å². The zero-order chi connectivity index (χ0) is 19.1. The van der Waals surface area contributed by atoms with Gasteiger partial charge in [0.1, 0.15) is 0 Å². The lowest BCUT2D eigenvalue weighted by Gasteiger charge is -2.37. The molecule has 0 bridgehead atoms. The van der Waals surface area contributed by atoms with Gasteiger partial charge in [-0.3, -0.25) is 19.4 Å². The molecule has 0 saturated carbocycles. The zero-order valence-electron chi connectivity index (χ0n) is 15.8. The first kappa shape index (κ1) is 20.4. The molecule has 1 aliphatic rings. The summed E-state index contributed by atoms with van der Waals surface area (Å²) in [6, 6.07) is 9.85. The number of carboxylic acid groups (broad SMARTS) is 1. The van der Waals surface area contributed by atoms with Crippen LogP contribution in [0.25, 0.3) is 0 Å². The summed E-state index contributed by atoms with van der Waals surface area (Å²) in [7, 11) is 3.70. The van der Waals surface area contributed by atoms with Gasteiger partial charge in [-0.1, -0.05) is 30.3 Å². The predicted molar refractivity (Wildman–Crippen MR) is 98.8 cm³/mol. The monoisotopic (exact) mass is 363 g/mol. The van der Waals surface area contributed by atoms with E-state index in [1.807, 2.05) is 42.0 Å². The van der Waals surface area contributed by atoms with Crippen molar-refractivity contribution in [2.45, 2.75) is 25.6 Å². The Morgan fingerprint density at radius 1 is 1.31 bits per heavy atom. The molecule has 7 nitrogen and oxygen atoms in total. The molecule has 2 atom stereocenters. The minimum atomic E-state index is -0.868. The minimum absolute atomic E-state index is 0.0377. The number of hydrogen-bond donors (Lipinski definition) is 1. The number of carbonyl (C=O) groups is 2. The van der Waals surface area contributed by atoms with E-state index >= 15 is 0 Å². The van der Waals surface area contributed by atoms with Gasteiger partial charge < -0.3 is 14.7 Å². The number of carboxylic acids is 1. The number of amides is 1. The van der Waals surface area contributed by atoms with E-state index in [-0.39, 0.29) is 24.6 Å². The third-order valence-electron chi connectivity index (χ3n) is 4.66. The second kappa shape index (κ2) is 9.66. The summed E-state index contributed by atoms with van der Waals surface area (Å²) in [5.74, 6) is -0.787. The summed E-state index contributed by atoms with van der Waals surface area (Å²) in [6.07, 6.45) is -0.163. The van der Waals surface area contributed by atoms with E-state index in [1.165, 1.54) is 5.56 Å². The quantitative estimate of drug-likeness (QED) is 0.735. The summed E-state index contributed by atoms with van der Waals surface area (Å²) in [5.41, 5.74) is 1.17. The number of ether oxygens (including phenoxy) is 1. The average molecular weight is 363 g/mol. The lowest BCUT2D eigenvalue weighted by Crippen LogP contribution is -2.54. The third kappa shape index (κ3) is 6.09. The van der Waals surface area contributed by atoms with Gasteiger partial charge in [0.2, 0.25) is 5.91 Å². The van der Waals surface area contributed by atoms with Crippen LogP contribution in [0, 0.1) is 0 Å². The van der Waals surface area contributed by atoms with Crippen molar-refractivity contribution in [2.24, 2.45) is 0 Å². The highest BCUT2D eigenvalue weighted by Crippen LogP contribution is 2.12. The van der Waals surface area contributed by atoms with Crippen LogP contribution in [-0.2, 0) is 20.9 Å². The maximum absolute atomic E-state index is 12.9. The first-order valence-corrected chi connectivity index (χ1v) is 8.91. The van der Waals surface area contributed by atoms with Crippen LogP contribution in [0.3, 0.4) is 0 Å². The van der Waals surface area contributed by atoms with Gasteiger partial charge >= 0.3 is 5.97 Å². The summed E-state index contributed by atoms with van der Waals surface area (Å²) < 4.78 is 5.70. The van der Waals surface area contributed by atoms with E-state index in [1.54, 1.807) is 11.9 Å². The Kier molecular flexibility index (Phi) is 7.56. The molecular weight excluding hydrogens is 334 g/mol. The van der Waals surface area contributed by atoms with E-state index in [0.29, 0.717) is 32.8 Å². The van der Waals surface area contributed by atoms with E-state index < -0.39 is 5.97 Å². The fraction of sp³-hybridized carbons (Fsp3) is 0.579. The van der Waals surface area contributed by atoms with Gasteiger partial charge in [0.05, 0.1) is 25.3 Å². The summed E-state index contributed by atoms with van der Waals surface area (Å²) >= 11 is 0. The third-order valence-corrected chi connectivity index (χ3v) is 4.66. The van der Waals surface area contributed by atoms with Gasteiger partial charge in [-0.25, -0.2) is 0 Å². The zero-order valence-corrected chi connectivity index (χ0v) is 15.8. The number of aliphatic carboxylic acids is 1. The molecule has 0 radical (unpaired) electrons. The fourth-order valence-electron chi connectivity index (χ4n) is 3.13. The first-order valence-electron chi connectivity index (χ1n) is 8.91. The van der Waals surface area contributed by atoms with Crippen LogP contribution in [0.1, 0.15) is 12.5 Å². The molecule has 1 heterocycles. The number of hydrogen-bond acceptors (Lipinski definition) is 5. The number of morpholine rings is 1. The van der Waals surface area contributed by atoms with Gasteiger partial charge in [0.25, 0.3) is 0 Å². The van der Waals surface area contributed by atoms with Crippen molar-refractivity contribution in [1.29, 1.82) is 0 Å². The molecule has 0 aliphatic carbocycles. The Morgan fingerprint density at radius 2 is 2.00 bits per heavy atom. The number of carbonyl (C=O) groups excluding carboxylic acids is 1. The predicted octanol–water partition coefficient (Wildman–Crippen LogP) is 0.751. The first-order chi connectivity index (χ1) is 12.4. The molecule has 1 aromatic rings. The molecular formula is C19H29N3O4. The largest absolute Gasteiger partial charge is 0.480 e. The smallest absolute Gasteiger partial charge is 0.317 e. The van der Waals surface area contributed by atoms with Gasteiger partial charge in [0, 0.05) is 26.2 Å². The molecule has 1 aromatic carbocycles. The van der Waals surface area contributed by atoms with Crippen molar-refractivity contribution in [2.75, 3.05) is 46.9 Å². The lowest BCUT2D eigenvalue weighted by molar-refractivity contribution is -0.145. The normalized spacial score (nSPS) is 19.0. The van der Waals surface area contributed by atoms with Crippen molar-refractivity contribution >= 4 is 11.9 Å². The van der Waals surface area contributed by atoms with Gasteiger partial charge in [0.15, 0.2) is 0 Å². The van der Waals surface area contributed by atoms with Crippen LogP contribution in [0.15, 0.2) is 30.3 Å². The van der Waals surface area contributed by atoms with Gasteiger partial charge in [-0.05, 0) is 26.6 Å². The lowest BCUT2D eigenvalue weighted by atomic mass is 10.1. The highest BCUT2D eigenvalue weighted by atomic mass is 16.5. The number of rotatable bonds is 8. The Hall–Kier alpha value is -1.96. The van der Waals surface area contributed by atoms with Gasteiger partial charge in [-0.15, -0.1) is 0 Å². The average Bonchev–Trinajstić information content (AvgIpc) is 2.60. The molecule has 1 amide bonds. The van der Waals surface area contributed by atoms with Crippen LogP contribution in [0.4, 0.5) is 0 Å². The number of nitrogens with zero attached hydrogens (tertiary/aromatic N) is 3. The van der Waals surface area contributed by atoms with Crippen molar-refractivity contribution in [1.82, 2.24) is 14.7 Å². The molecule has 0 aromatic heterocycles. The van der Waals surface area contributed by atoms with Crippen molar-refractivity contribution in [3.05, 3.63) is 35.9 Å². The topological polar surface area (TPSA) is 73.3 Å². The molecule has 1 fully saturated rings. The molecule has 2 rings (SSSR count). The van der Waals surface area contributed by atoms with E-state index in [0.717, 1.165) is 0 Å². The number of benzene rings is 1. The Balaban J connectivity index is 1.87. The highest BCUT2D eigenvalue weighted by molar-refractivity contribution is 5.81. The summed E-state index contributed by atoms with van der Waals surface area (Å²) in [4.78, 5) is 29.2. The fourth-order valence-corrected chi connectivity index (χ4v) is 3.13. The SMILES string of the molecule is CC(C(=O)N1CCOC(CN(C)CC(=O)O)C1)N(C)Cc1ccccc1. The molecule has 1 N–H and O–H groups in total. The Labute approximate surface area is 155 Å². The van der Waals surface area contributed by atoms with Crippen LogP contribution in [0.2, 0.25) is 0 Å². The molecule has 144 valence electrons. The molecule has 1 saturated heterocycles. The number of likely N-dealkylation sites (N-methyl/N-ethyl adjacent to an activating group) is 2. The van der Waals surface area contributed by atoms with E-state index in [2.05, 4.69) is 12.1 Å². The molecule has 2 unspecified atom stereocenters. The van der Waals surface area contributed by atoms with Crippen LogP contribution < -0.4 is 0 Å². The minimum Gasteiger partial charge on any atom is -0.480 e. The van der Waals surface area contributed by atoms with Crippen molar-refractivity contribution in [3.63, 3.8) is 0 Å². The molecule has 26 heavy (non-hydrogen) atoms. The van der Waals surface area contributed by atoms with Crippen molar-refractivity contribution in [3.8, 4) is 0 Å². The summed E-state index contributed by atoms with van der Waals surface area (Å²) in [5, 5.41) is 8.86. The molecule has 1 aliphatic heterocycles. The maximum Gasteiger partial charge on any atom is 0.317 e. The van der Waals surface area contributed by atoms with Crippen LogP contribution in [-0.4, -0.2) is 90.7 Å². The van der Waals surface area contributed by atoms with Crippen LogP contribution >= 0.6 is 0 Å². The standard InChI is InChI=1S/C19H29N3O4/c1-15(21(3)11-16-7-5-4-6-8-16)19(25)22-9-10-26-17(13-22)12-20(2)14-18(23)24/h4-8,15,17H,9-14H2,1-3H3,(H,23,24). The Bertz CT molecular complexity index is 596. The maximum atomic E-state index is 12.9. The van der Waals surface area contributed by atoms with Crippen molar-refractivity contribution < 1.29 is 19.4 Å².